The van der Waals surface area contributed by atoms with E-state index in [1.807, 2.05) is 0 Å². The third-order valence-electron chi connectivity index (χ3n) is 9.93. The van der Waals surface area contributed by atoms with Gasteiger partial charge in [0.1, 0.15) is 5.76 Å². The van der Waals surface area contributed by atoms with Crippen LogP contribution in [-0.4, -0.2) is 23.3 Å². The van der Waals surface area contributed by atoms with Gasteiger partial charge in [-0.2, -0.15) is 0 Å². The summed E-state index contributed by atoms with van der Waals surface area (Å²) in [5, 5.41) is 0. The van der Waals surface area contributed by atoms with Crippen LogP contribution in [0.4, 0.5) is 0 Å². The maximum atomic E-state index is 12.9. The molecule has 0 bridgehead atoms. The van der Waals surface area contributed by atoms with E-state index in [0.29, 0.717) is 36.0 Å². The fraction of sp³-hybridized carbons (Fsp3) is 0.731. The Balaban J connectivity index is 1.51. The molecule has 0 radical (unpaired) electrons. The van der Waals surface area contributed by atoms with Crippen molar-refractivity contribution in [3.63, 3.8) is 0 Å². The van der Waals surface area contributed by atoms with Gasteiger partial charge in [0.15, 0.2) is 11.4 Å². The molecule has 2 unspecified atom stereocenters. The van der Waals surface area contributed by atoms with Crippen LogP contribution in [0.3, 0.4) is 0 Å². The van der Waals surface area contributed by atoms with E-state index < -0.39 is 5.60 Å². The number of fused-ring (bicyclic) bond motifs is 7. The summed E-state index contributed by atoms with van der Waals surface area (Å²) >= 11 is 0. The highest BCUT2D eigenvalue weighted by Crippen LogP contribution is 2.72. The van der Waals surface area contributed by atoms with Crippen LogP contribution in [0.2, 0.25) is 0 Å². The molecule has 5 aliphatic carbocycles. The van der Waals surface area contributed by atoms with Crippen LogP contribution in [0, 0.1) is 40.4 Å². The molecule has 5 aliphatic rings. The van der Waals surface area contributed by atoms with Crippen molar-refractivity contribution >= 4 is 17.7 Å². The lowest BCUT2D eigenvalue weighted by Gasteiger charge is -2.58. The van der Waals surface area contributed by atoms with Gasteiger partial charge in [-0.15, -0.1) is 0 Å². The van der Waals surface area contributed by atoms with E-state index in [9.17, 15) is 14.4 Å². The fourth-order valence-electron chi connectivity index (χ4n) is 8.53. The Morgan fingerprint density at radius 3 is 2.32 bits per heavy atom. The Morgan fingerprint density at radius 2 is 1.68 bits per heavy atom. The summed E-state index contributed by atoms with van der Waals surface area (Å²) in [5.41, 5.74) is 0.157. The first-order valence-corrected chi connectivity index (χ1v) is 11.9. The zero-order valence-electron chi connectivity index (χ0n) is 19.3. The summed E-state index contributed by atoms with van der Waals surface area (Å²) in [6.07, 6.45) is 10.1. The van der Waals surface area contributed by atoms with E-state index in [-0.39, 0.29) is 28.6 Å². The second-order valence-electron chi connectivity index (χ2n) is 11.1. The number of carbonyl (C=O) groups excluding carboxylic acids is 3. The second-order valence-corrected chi connectivity index (χ2v) is 11.1. The van der Waals surface area contributed by atoms with Crippen molar-refractivity contribution in [3.8, 4) is 0 Å². The van der Waals surface area contributed by atoms with Crippen LogP contribution < -0.4 is 0 Å². The number of hydrogen-bond donors (Lipinski definition) is 0. The molecule has 0 heterocycles. The minimum Gasteiger partial charge on any atom is -0.451 e. The predicted molar refractivity (Wildman–Crippen MR) is 114 cm³/mol. The fourth-order valence-corrected chi connectivity index (χ4v) is 8.53. The van der Waals surface area contributed by atoms with E-state index >= 15 is 0 Å². The largest absolute Gasteiger partial charge is 0.451 e. The molecule has 5 nitrogen and oxygen atoms in total. The molecule has 5 heteroatoms. The standard InChI is InChI=1S/C26H34O5/c1-14(27)26(31-16(3)29)11-9-20-18-7-6-17-12-23(30-15(2)28)19-13-22(19)25(17,5)21(18)8-10-24(20,26)4/h6,12,18-22H,7-11,13H2,1-5H3/t18-,19?,20-,21+,22?,24-,25+,26+/m0/s1. The number of carbonyl (C=O) groups is 3. The van der Waals surface area contributed by atoms with Gasteiger partial charge in [0.25, 0.3) is 0 Å². The predicted octanol–water partition coefficient (Wildman–Crippen LogP) is 4.75. The molecule has 0 aromatic heterocycles. The third kappa shape index (κ3) is 2.64. The van der Waals surface area contributed by atoms with Crippen LogP contribution in [0.5, 0.6) is 0 Å². The first kappa shape index (κ1) is 21.0. The Hall–Kier alpha value is -1.91. The number of rotatable bonds is 3. The summed E-state index contributed by atoms with van der Waals surface area (Å²) in [4.78, 5) is 36.4. The molecule has 0 aromatic rings. The molecule has 8 atom stereocenters. The van der Waals surface area contributed by atoms with Gasteiger partial charge in [0.05, 0.1) is 0 Å². The molecule has 0 amide bonds. The Morgan fingerprint density at radius 1 is 0.968 bits per heavy atom. The minimum atomic E-state index is -0.976. The average molecular weight is 427 g/mol. The van der Waals surface area contributed by atoms with Crippen LogP contribution in [0.15, 0.2) is 23.5 Å². The zero-order chi connectivity index (χ0) is 22.3. The molecule has 0 aromatic carbocycles. The quantitative estimate of drug-likeness (QED) is 0.609. The first-order valence-electron chi connectivity index (χ1n) is 11.9. The summed E-state index contributed by atoms with van der Waals surface area (Å²) in [6.45, 7) is 9.12. The minimum absolute atomic E-state index is 0.00159. The van der Waals surface area contributed by atoms with Gasteiger partial charge in [0, 0.05) is 25.2 Å². The molecule has 0 aliphatic heterocycles. The highest BCUT2D eigenvalue weighted by Gasteiger charge is 2.70. The SMILES string of the molecule is CC(=O)OC1=CC2=CC[C@@H]3[C@@H](CC[C@@]4(C)[C@H]3CC[C@@]4(OC(C)=O)C(C)=O)[C@]2(C)C2CC12. The topological polar surface area (TPSA) is 69.7 Å². The maximum Gasteiger partial charge on any atom is 0.307 e. The second kappa shape index (κ2) is 6.55. The summed E-state index contributed by atoms with van der Waals surface area (Å²) in [6, 6.07) is 0. The number of ketones is 1. The molecule has 0 N–H and O–H groups in total. The monoisotopic (exact) mass is 426 g/mol. The lowest BCUT2D eigenvalue weighted by molar-refractivity contribution is -0.186. The van der Waals surface area contributed by atoms with Crippen LogP contribution in [-0.2, 0) is 23.9 Å². The van der Waals surface area contributed by atoms with Crippen molar-refractivity contribution in [1.82, 2.24) is 0 Å². The van der Waals surface area contributed by atoms with Gasteiger partial charge in [-0.25, -0.2) is 0 Å². The van der Waals surface area contributed by atoms with Crippen molar-refractivity contribution < 1.29 is 23.9 Å². The number of esters is 2. The van der Waals surface area contributed by atoms with Crippen LogP contribution in [0.25, 0.3) is 0 Å². The average Bonchev–Trinajstić information content (AvgIpc) is 3.43. The highest BCUT2D eigenvalue weighted by molar-refractivity contribution is 5.89. The number of hydrogen-bond acceptors (Lipinski definition) is 5. The van der Waals surface area contributed by atoms with Gasteiger partial charge in [-0.3, -0.25) is 14.4 Å². The summed E-state index contributed by atoms with van der Waals surface area (Å²) in [7, 11) is 0. The van der Waals surface area contributed by atoms with Crippen LogP contribution in [0.1, 0.15) is 73.1 Å². The summed E-state index contributed by atoms with van der Waals surface area (Å²) < 4.78 is 11.4. The first-order chi connectivity index (χ1) is 14.5. The highest BCUT2D eigenvalue weighted by atomic mass is 16.6. The zero-order valence-corrected chi connectivity index (χ0v) is 19.3. The van der Waals surface area contributed by atoms with Crippen LogP contribution >= 0.6 is 0 Å². The maximum absolute atomic E-state index is 12.9. The van der Waals surface area contributed by atoms with Gasteiger partial charge < -0.3 is 9.47 Å². The Bertz CT molecular complexity index is 930. The smallest absolute Gasteiger partial charge is 0.307 e. The van der Waals surface area contributed by atoms with E-state index in [1.54, 1.807) is 6.92 Å². The third-order valence-corrected chi connectivity index (χ3v) is 9.93. The van der Waals surface area contributed by atoms with Gasteiger partial charge >= 0.3 is 11.9 Å². The van der Waals surface area contributed by atoms with Gasteiger partial charge in [-0.1, -0.05) is 19.9 Å². The molecular weight excluding hydrogens is 392 g/mol. The normalized spacial score (nSPS) is 46.9. The molecular formula is C26H34O5. The molecule has 3 saturated carbocycles. The summed E-state index contributed by atoms with van der Waals surface area (Å²) in [5.74, 6) is 2.57. The Kier molecular flexibility index (Phi) is 4.43. The van der Waals surface area contributed by atoms with E-state index in [4.69, 9.17) is 9.47 Å². The van der Waals surface area contributed by atoms with E-state index in [2.05, 4.69) is 26.0 Å². The van der Waals surface area contributed by atoms with Crippen molar-refractivity contribution in [2.45, 2.75) is 78.7 Å². The van der Waals surface area contributed by atoms with Gasteiger partial charge in [-0.05, 0) is 86.2 Å². The van der Waals surface area contributed by atoms with Crippen molar-refractivity contribution in [1.29, 1.82) is 0 Å². The van der Waals surface area contributed by atoms with Crippen molar-refractivity contribution in [3.05, 3.63) is 23.5 Å². The number of Topliss-reactive ketones (excluding diaryl/α,β-unsaturated/α-hetero) is 1. The molecule has 0 spiro atoms. The van der Waals surface area contributed by atoms with E-state index in [1.165, 1.54) is 19.4 Å². The lowest BCUT2D eigenvalue weighted by atomic mass is 9.47. The Labute approximate surface area is 184 Å². The van der Waals surface area contributed by atoms with Gasteiger partial charge in [0.2, 0.25) is 0 Å². The molecule has 0 saturated heterocycles. The van der Waals surface area contributed by atoms with Crippen molar-refractivity contribution in [2.24, 2.45) is 40.4 Å². The molecule has 3 fully saturated rings. The molecule has 31 heavy (non-hydrogen) atoms. The molecule has 5 rings (SSSR count). The number of ether oxygens (including phenoxy) is 2. The van der Waals surface area contributed by atoms with Crippen molar-refractivity contribution in [2.75, 3.05) is 0 Å². The van der Waals surface area contributed by atoms with E-state index in [0.717, 1.165) is 37.9 Å². The number of allylic oxidation sites excluding steroid dienone is 4. The molecule has 168 valence electrons. The lowest BCUT2D eigenvalue weighted by Crippen LogP contribution is -2.58.